The maximum atomic E-state index is 10.7. The fraction of sp³-hybridized carbons (Fsp3) is 0.333. The SMILES string of the molecule is CNc1nc(NCC(O)C(N)=O)c2cn[nH]c2n1. The number of carbonyl (C=O) groups is 1. The Balaban J connectivity index is 2.25. The first-order valence-electron chi connectivity index (χ1n) is 5.22. The van der Waals surface area contributed by atoms with E-state index in [0.29, 0.717) is 22.8 Å². The van der Waals surface area contributed by atoms with Crippen LogP contribution in [0.4, 0.5) is 11.8 Å². The summed E-state index contributed by atoms with van der Waals surface area (Å²) in [5.74, 6) is 0.0510. The van der Waals surface area contributed by atoms with Crippen molar-refractivity contribution in [1.82, 2.24) is 20.2 Å². The number of hydrogen-bond acceptors (Lipinski definition) is 7. The van der Waals surface area contributed by atoms with Crippen LogP contribution in [0.25, 0.3) is 11.0 Å². The Morgan fingerprint density at radius 1 is 1.61 bits per heavy atom. The predicted octanol–water partition coefficient (Wildman–Crippen LogP) is -1.35. The van der Waals surface area contributed by atoms with Gasteiger partial charge in [-0.15, -0.1) is 0 Å². The summed E-state index contributed by atoms with van der Waals surface area (Å²) >= 11 is 0. The maximum Gasteiger partial charge on any atom is 0.248 e. The van der Waals surface area contributed by atoms with Crippen LogP contribution in [-0.4, -0.2) is 50.9 Å². The van der Waals surface area contributed by atoms with Gasteiger partial charge in [-0.25, -0.2) is 0 Å². The number of nitrogens with two attached hydrogens (primary N) is 1. The van der Waals surface area contributed by atoms with E-state index in [2.05, 4.69) is 30.8 Å². The number of hydrogen-bond donors (Lipinski definition) is 5. The Bertz CT molecular complexity index is 567. The summed E-state index contributed by atoms with van der Waals surface area (Å²) in [5, 5.41) is 22.2. The summed E-state index contributed by atoms with van der Waals surface area (Å²) in [6, 6.07) is 0. The number of nitrogens with one attached hydrogen (secondary N) is 3. The van der Waals surface area contributed by atoms with Crippen LogP contribution >= 0.6 is 0 Å². The number of anilines is 2. The number of aromatic nitrogens is 4. The van der Waals surface area contributed by atoms with Crippen molar-refractivity contribution in [1.29, 1.82) is 0 Å². The lowest BCUT2D eigenvalue weighted by molar-refractivity contribution is -0.125. The topological polar surface area (TPSA) is 142 Å². The molecule has 2 rings (SSSR count). The maximum absolute atomic E-state index is 10.7. The summed E-state index contributed by atoms with van der Waals surface area (Å²) in [6.45, 7) is -0.0320. The number of rotatable bonds is 5. The van der Waals surface area contributed by atoms with Gasteiger partial charge in [-0.2, -0.15) is 15.1 Å². The summed E-state index contributed by atoms with van der Waals surface area (Å²) in [6.07, 6.45) is 0.272. The molecule has 9 nitrogen and oxygen atoms in total. The molecule has 0 radical (unpaired) electrons. The smallest absolute Gasteiger partial charge is 0.248 e. The van der Waals surface area contributed by atoms with Crippen LogP contribution in [0, 0.1) is 0 Å². The highest BCUT2D eigenvalue weighted by Crippen LogP contribution is 2.19. The molecule has 0 aromatic carbocycles. The highest BCUT2D eigenvalue weighted by molar-refractivity contribution is 5.87. The lowest BCUT2D eigenvalue weighted by atomic mass is 10.3. The Labute approximate surface area is 102 Å². The van der Waals surface area contributed by atoms with Gasteiger partial charge < -0.3 is 21.5 Å². The third-order valence-corrected chi connectivity index (χ3v) is 2.32. The number of carbonyl (C=O) groups excluding carboxylic acids is 1. The molecular formula is C9H13N7O2. The van der Waals surface area contributed by atoms with Gasteiger partial charge in [0.1, 0.15) is 11.9 Å². The number of aromatic amines is 1. The Kier molecular flexibility index (Phi) is 3.24. The van der Waals surface area contributed by atoms with E-state index >= 15 is 0 Å². The summed E-state index contributed by atoms with van der Waals surface area (Å²) < 4.78 is 0. The molecule has 0 aliphatic heterocycles. The molecule has 9 heteroatoms. The van der Waals surface area contributed by atoms with Gasteiger partial charge in [-0.1, -0.05) is 0 Å². The molecule has 2 aromatic rings. The normalized spacial score (nSPS) is 12.3. The second kappa shape index (κ2) is 4.84. The van der Waals surface area contributed by atoms with Crippen molar-refractivity contribution in [3.05, 3.63) is 6.20 Å². The lowest BCUT2D eigenvalue weighted by Crippen LogP contribution is -2.34. The molecule has 2 aromatic heterocycles. The van der Waals surface area contributed by atoms with Crippen LogP contribution in [-0.2, 0) is 4.79 Å². The Morgan fingerprint density at radius 3 is 3.06 bits per heavy atom. The van der Waals surface area contributed by atoms with Gasteiger partial charge in [0.15, 0.2) is 5.65 Å². The number of aliphatic hydroxyl groups excluding tert-OH is 1. The number of nitrogens with zero attached hydrogens (tertiary/aromatic N) is 3. The molecular weight excluding hydrogens is 238 g/mol. The van der Waals surface area contributed by atoms with Crippen molar-refractivity contribution in [3.8, 4) is 0 Å². The molecule has 1 amide bonds. The standard InChI is InChI=1S/C9H13N7O2/c1-11-9-14-7(12-3-5(17)6(10)18)4-2-13-16-8(4)15-9/h2,5,17H,3H2,1H3,(H2,10,18)(H3,11,12,13,14,15,16). The van der Waals surface area contributed by atoms with Crippen LogP contribution in [0.3, 0.4) is 0 Å². The van der Waals surface area contributed by atoms with E-state index in [1.54, 1.807) is 13.2 Å². The molecule has 0 spiro atoms. The van der Waals surface area contributed by atoms with Gasteiger partial charge in [0.05, 0.1) is 18.1 Å². The molecule has 6 N–H and O–H groups in total. The van der Waals surface area contributed by atoms with Crippen LogP contribution < -0.4 is 16.4 Å². The zero-order valence-corrected chi connectivity index (χ0v) is 9.64. The summed E-state index contributed by atoms with van der Waals surface area (Å²) in [4.78, 5) is 19.0. The van der Waals surface area contributed by atoms with Crippen molar-refractivity contribution >= 4 is 28.7 Å². The number of H-pyrrole nitrogens is 1. The van der Waals surface area contributed by atoms with Gasteiger partial charge in [-0.05, 0) is 0 Å². The van der Waals surface area contributed by atoms with E-state index in [9.17, 15) is 9.90 Å². The van der Waals surface area contributed by atoms with Gasteiger partial charge >= 0.3 is 0 Å². The van der Waals surface area contributed by atoms with E-state index in [1.165, 1.54) is 0 Å². The fourth-order valence-electron chi connectivity index (χ4n) is 1.38. The van der Waals surface area contributed by atoms with Crippen molar-refractivity contribution in [2.24, 2.45) is 5.73 Å². The first-order valence-corrected chi connectivity index (χ1v) is 5.22. The van der Waals surface area contributed by atoms with Crippen molar-refractivity contribution < 1.29 is 9.90 Å². The molecule has 0 aliphatic carbocycles. The zero-order chi connectivity index (χ0) is 13.1. The van der Waals surface area contributed by atoms with Crippen LogP contribution in [0.2, 0.25) is 0 Å². The molecule has 0 bridgehead atoms. The number of amides is 1. The quantitative estimate of drug-likeness (QED) is 0.442. The van der Waals surface area contributed by atoms with Crippen molar-refractivity contribution in [2.45, 2.75) is 6.10 Å². The number of fused-ring (bicyclic) bond motifs is 1. The molecule has 1 unspecified atom stereocenters. The minimum Gasteiger partial charge on any atom is -0.381 e. The first kappa shape index (κ1) is 12.0. The second-order valence-corrected chi connectivity index (χ2v) is 3.58. The summed E-state index contributed by atoms with van der Waals surface area (Å²) in [7, 11) is 1.68. The molecule has 0 saturated heterocycles. The van der Waals surface area contributed by atoms with Gasteiger partial charge in [0.2, 0.25) is 11.9 Å². The third-order valence-electron chi connectivity index (χ3n) is 2.32. The summed E-state index contributed by atoms with van der Waals surface area (Å²) in [5.41, 5.74) is 5.50. The predicted molar refractivity (Wildman–Crippen MR) is 64.9 cm³/mol. The minimum atomic E-state index is -1.28. The lowest BCUT2D eigenvalue weighted by Gasteiger charge is -2.10. The first-order chi connectivity index (χ1) is 8.61. The molecule has 18 heavy (non-hydrogen) atoms. The van der Waals surface area contributed by atoms with Crippen molar-refractivity contribution in [2.75, 3.05) is 24.2 Å². The third kappa shape index (κ3) is 2.30. The van der Waals surface area contributed by atoms with Gasteiger partial charge in [-0.3, -0.25) is 9.89 Å². The van der Waals surface area contributed by atoms with Crippen LogP contribution in [0.5, 0.6) is 0 Å². The fourth-order valence-corrected chi connectivity index (χ4v) is 1.38. The Morgan fingerprint density at radius 2 is 2.39 bits per heavy atom. The Hall–Kier alpha value is -2.42. The van der Waals surface area contributed by atoms with E-state index in [-0.39, 0.29) is 6.54 Å². The monoisotopic (exact) mass is 251 g/mol. The molecule has 1 atom stereocenters. The van der Waals surface area contributed by atoms with Crippen molar-refractivity contribution in [3.63, 3.8) is 0 Å². The van der Waals surface area contributed by atoms with E-state index in [0.717, 1.165) is 0 Å². The highest BCUT2D eigenvalue weighted by Gasteiger charge is 2.13. The second-order valence-electron chi connectivity index (χ2n) is 3.58. The molecule has 0 aliphatic rings. The minimum absolute atomic E-state index is 0.0320. The van der Waals surface area contributed by atoms with Gasteiger partial charge in [0, 0.05) is 7.05 Å². The van der Waals surface area contributed by atoms with Crippen LogP contribution in [0.15, 0.2) is 6.20 Å². The molecule has 96 valence electrons. The van der Waals surface area contributed by atoms with Crippen LogP contribution in [0.1, 0.15) is 0 Å². The van der Waals surface area contributed by atoms with Gasteiger partial charge in [0.25, 0.3) is 0 Å². The number of primary amides is 1. The largest absolute Gasteiger partial charge is 0.381 e. The van der Waals surface area contributed by atoms with E-state index in [1.807, 2.05) is 0 Å². The average Bonchev–Trinajstić information content (AvgIpc) is 2.83. The van der Waals surface area contributed by atoms with E-state index < -0.39 is 12.0 Å². The van der Waals surface area contributed by atoms with E-state index in [4.69, 9.17) is 5.73 Å². The molecule has 2 heterocycles. The molecule has 0 fully saturated rings. The average molecular weight is 251 g/mol. The highest BCUT2D eigenvalue weighted by atomic mass is 16.3. The zero-order valence-electron chi connectivity index (χ0n) is 9.64. The molecule has 0 saturated carbocycles. The number of aliphatic hydroxyl groups is 1.